The lowest BCUT2D eigenvalue weighted by Gasteiger charge is -2.21. The Kier molecular flexibility index (Phi) is 3.25. The topological polar surface area (TPSA) is 75.4 Å². The minimum atomic E-state index is -3.54. The minimum absolute atomic E-state index is 0.167. The van der Waals surface area contributed by atoms with E-state index in [1.54, 1.807) is 14.0 Å². The van der Waals surface area contributed by atoms with Gasteiger partial charge in [-0.2, -0.15) is 9.40 Å². The monoisotopic (exact) mass is 273 g/mol. The fraction of sp³-hybridized carbons (Fsp3) is 0.727. The summed E-state index contributed by atoms with van der Waals surface area (Å²) in [6, 6.07) is 0. The molecule has 0 aromatic carbocycles. The van der Waals surface area contributed by atoms with Crippen molar-refractivity contribution in [3.63, 3.8) is 0 Å². The third-order valence-corrected chi connectivity index (χ3v) is 5.71. The Hall–Kier alpha value is -0.920. The van der Waals surface area contributed by atoms with Gasteiger partial charge in [-0.3, -0.25) is 4.68 Å². The van der Waals surface area contributed by atoms with Crippen molar-refractivity contribution in [3.05, 3.63) is 11.9 Å². The molecule has 0 radical (unpaired) electrons. The highest BCUT2D eigenvalue weighted by molar-refractivity contribution is 7.89. The largest absolute Gasteiger partial charge is 0.388 e. The van der Waals surface area contributed by atoms with Crippen LogP contribution in [0.5, 0.6) is 0 Å². The molecule has 2 rings (SSSR count). The van der Waals surface area contributed by atoms with Crippen LogP contribution in [0.2, 0.25) is 0 Å². The fourth-order valence-electron chi connectivity index (χ4n) is 2.18. The van der Waals surface area contributed by atoms with Gasteiger partial charge in [-0.25, -0.2) is 8.42 Å². The summed E-state index contributed by atoms with van der Waals surface area (Å²) in [7, 11) is -1.83. The van der Waals surface area contributed by atoms with Crippen LogP contribution in [-0.2, 0) is 17.1 Å². The second-order valence-corrected chi connectivity index (χ2v) is 6.79. The standard InChI is InChI=1S/C11H19N3O3S/c1-4-11(15)5-6-14(8-11)18(16,17)10-7-12-13(3)9(10)2/h7,15H,4-6,8H2,1-3H3. The summed E-state index contributed by atoms with van der Waals surface area (Å²) in [5.41, 5.74) is -0.273. The molecule has 1 aromatic heterocycles. The molecule has 1 N–H and O–H groups in total. The molecule has 1 atom stereocenters. The van der Waals surface area contributed by atoms with E-state index in [2.05, 4.69) is 5.10 Å². The molecule has 1 aliphatic heterocycles. The van der Waals surface area contributed by atoms with Crippen molar-refractivity contribution < 1.29 is 13.5 Å². The maximum atomic E-state index is 12.4. The van der Waals surface area contributed by atoms with Gasteiger partial charge in [0.1, 0.15) is 4.90 Å². The molecule has 0 amide bonds. The molecule has 0 bridgehead atoms. The van der Waals surface area contributed by atoms with E-state index in [4.69, 9.17) is 0 Å². The number of aromatic nitrogens is 2. The Bertz CT molecular complexity index is 552. The van der Waals surface area contributed by atoms with Crippen LogP contribution in [-0.4, -0.2) is 46.3 Å². The van der Waals surface area contributed by atoms with Crippen molar-refractivity contribution in [1.82, 2.24) is 14.1 Å². The summed E-state index contributed by atoms with van der Waals surface area (Å²) >= 11 is 0. The van der Waals surface area contributed by atoms with Crippen molar-refractivity contribution >= 4 is 10.0 Å². The molecule has 0 saturated carbocycles. The smallest absolute Gasteiger partial charge is 0.246 e. The molecule has 1 fully saturated rings. The summed E-state index contributed by atoms with van der Waals surface area (Å²) < 4.78 is 27.8. The Morgan fingerprint density at radius 2 is 2.22 bits per heavy atom. The van der Waals surface area contributed by atoms with E-state index in [1.165, 1.54) is 15.2 Å². The van der Waals surface area contributed by atoms with Gasteiger partial charge in [0.25, 0.3) is 0 Å². The second kappa shape index (κ2) is 4.32. The molecule has 6 nitrogen and oxygen atoms in total. The van der Waals surface area contributed by atoms with E-state index in [1.807, 2.05) is 6.92 Å². The molecule has 1 aliphatic rings. The van der Waals surface area contributed by atoms with Crippen LogP contribution >= 0.6 is 0 Å². The first-order valence-corrected chi connectivity index (χ1v) is 7.45. The molecular formula is C11H19N3O3S. The van der Waals surface area contributed by atoms with Crippen LogP contribution in [0.1, 0.15) is 25.5 Å². The first kappa shape index (κ1) is 13.5. The van der Waals surface area contributed by atoms with Crippen LogP contribution in [0.15, 0.2) is 11.1 Å². The van der Waals surface area contributed by atoms with Crippen molar-refractivity contribution in [2.24, 2.45) is 7.05 Å². The number of sulfonamides is 1. The van der Waals surface area contributed by atoms with E-state index >= 15 is 0 Å². The summed E-state index contributed by atoms with van der Waals surface area (Å²) in [6.45, 7) is 4.12. The van der Waals surface area contributed by atoms with Gasteiger partial charge in [-0.05, 0) is 19.8 Å². The number of hydrogen-bond acceptors (Lipinski definition) is 4. The van der Waals surface area contributed by atoms with Crippen molar-refractivity contribution in [1.29, 1.82) is 0 Å². The van der Waals surface area contributed by atoms with Crippen molar-refractivity contribution in [3.8, 4) is 0 Å². The first-order valence-electron chi connectivity index (χ1n) is 6.01. The number of nitrogens with zero attached hydrogens (tertiary/aromatic N) is 3. The number of aliphatic hydroxyl groups is 1. The predicted molar refractivity (Wildman–Crippen MR) is 66.6 cm³/mol. The van der Waals surface area contributed by atoms with Gasteiger partial charge < -0.3 is 5.11 Å². The van der Waals surface area contributed by atoms with Crippen LogP contribution in [0.25, 0.3) is 0 Å². The lowest BCUT2D eigenvalue weighted by molar-refractivity contribution is 0.0521. The molecule has 18 heavy (non-hydrogen) atoms. The predicted octanol–water partition coefficient (Wildman–Crippen LogP) is 0.264. The van der Waals surface area contributed by atoms with E-state index in [0.717, 1.165) is 0 Å². The van der Waals surface area contributed by atoms with Crippen molar-refractivity contribution in [2.75, 3.05) is 13.1 Å². The van der Waals surface area contributed by atoms with Gasteiger partial charge in [-0.15, -0.1) is 0 Å². The summed E-state index contributed by atoms with van der Waals surface area (Å²) in [5.74, 6) is 0. The average Bonchev–Trinajstić information content (AvgIpc) is 2.86. The van der Waals surface area contributed by atoms with E-state index in [-0.39, 0.29) is 11.4 Å². The van der Waals surface area contributed by atoms with Gasteiger partial charge >= 0.3 is 0 Å². The highest BCUT2D eigenvalue weighted by atomic mass is 32.2. The number of aryl methyl sites for hydroxylation is 1. The maximum absolute atomic E-state index is 12.4. The van der Waals surface area contributed by atoms with Crippen LogP contribution in [0, 0.1) is 6.92 Å². The second-order valence-electron chi connectivity index (χ2n) is 4.88. The Morgan fingerprint density at radius 3 is 2.67 bits per heavy atom. The fourth-order valence-corrected chi connectivity index (χ4v) is 3.89. The number of rotatable bonds is 3. The Balaban J connectivity index is 2.32. The molecule has 1 aromatic rings. The summed E-state index contributed by atoms with van der Waals surface area (Å²) in [6.07, 6.45) is 2.42. The normalized spacial score (nSPS) is 25.8. The lowest BCUT2D eigenvalue weighted by Crippen LogP contribution is -2.35. The van der Waals surface area contributed by atoms with E-state index in [0.29, 0.717) is 25.1 Å². The SMILES string of the molecule is CCC1(O)CCN(S(=O)(=O)c2cnn(C)c2C)C1. The van der Waals surface area contributed by atoms with Crippen LogP contribution in [0.3, 0.4) is 0 Å². The molecule has 0 aliphatic carbocycles. The van der Waals surface area contributed by atoms with Gasteiger partial charge in [-0.1, -0.05) is 6.92 Å². The zero-order valence-electron chi connectivity index (χ0n) is 10.9. The quantitative estimate of drug-likeness (QED) is 0.857. The third kappa shape index (κ3) is 2.06. The summed E-state index contributed by atoms with van der Waals surface area (Å²) in [4.78, 5) is 0.227. The molecule has 7 heteroatoms. The molecule has 102 valence electrons. The van der Waals surface area contributed by atoms with Crippen LogP contribution in [0.4, 0.5) is 0 Å². The van der Waals surface area contributed by atoms with Gasteiger partial charge in [0, 0.05) is 20.1 Å². The Labute approximate surface area is 107 Å². The van der Waals surface area contributed by atoms with E-state index in [9.17, 15) is 13.5 Å². The van der Waals surface area contributed by atoms with Gasteiger partial charge in [0.05, 0.1) is 17.5 Å². The molecular weight excluding hydrogens is 254 g/mol. The first-order chi connectivity index (χ1) is 8.30. The highest BCUT2D eigenvalue weighted by Crippen LogP contribution is 2.30. The summed E-state index contributed by atoms with van der Waals surface area (Å²) in [5, 5.41) is 14.1. The molecule has 0 spiro atoms. The number of β-amino-alcohol motifs (C(OH)–C–C–N with tert-alkyl or cyclic N) is 1. The lowest BCUT2D eigenvalue weighted by atomic mass is 10.0. The molecule has 1 unspecified atom stereocenters. The van der Waals surface area contributed by atoms with E-state index < -0.39 is 15.6 Å². The third-order valence-electron chi connectivity index (χ3n) is 3.76. The maximum Gasteiger partial charge on any atom is 0.246 e. The van der Waals surface area contributed by atoms with Gasteiger partial charge in [0.15, 0.2) is 0 Å². The Morgan fingerprint density at radius 1 is 1.56 bits per heavy atom. The van der Waals surface area contributed by atoms with Gasteiger partial charge in [0.2, 0.25) is 10.0 Å². The van der Waals surface area contributed by atoms with Crippen LogP contribution < -0.4 is 0 Å². The molecule has 2 heterocycles. The zero-order chi connectivity index (χ0) is 13.6. The van der Waals surface area contributed by atoms with Crippen molar-refractivity contribution in [2.45, 2.75) is 37.2 Å². The average molecular weight is 273 g/mol. The molecule has 1 saturated heterocycles. The minimum Gasteiger partial charge on any atom is -0.388 e. The zero-order valence-corrected chi connectivity index (χ0v) is 11.7. The highest BCUT2D eigenvalue weighted by Gasteiger charge is 2.41. The number of hydrogen-bond donors (Lipinski definition) is 1.